The van der Waals surface area contributed by atoms with Crippen LogP contribution in [0.25, 0.3) is 0 Å². The molecule has 0 heteroatoms. The van der Waals surface area contributed by atoms with Gasteiger partial charge in [-0.2, -0.15) is 0 Å². The Kier molecular flexibility index (Phi) is 24.1. The molecule has 0 saturated carbocycles. The molecule has 0 saturated heterocycles. The molecule has 78 valence electrons. The average molecular weight is 182 g/mol. The molecule has 0 bridgehead atoms. The summed E-state index contributed by atoms with van der Waals surface area (Å²) in [6.45, 7) is 11.9. The van der Waals surface area contributed by atoms with Gasteiger partial charge >= 0.3 is 0 Å². The average Bonchev–Trinajstić information content (AvgIpc) is 2.15. The Hall–Kier alpha value is -0.780. The normalized spacial score (nSPS) is 10.0. The highest BCUT2D eigenvalue weighted by molar-refractivity contribution is 5.21. The summed E-state index contributed by atoms with van der Waals surface area (Å²) >= 11 is 0. The van der Waals surface area contributed by atoms with Crippen molar-refractivity contribution in [1.29, 1.82) is 0 Å². The highest BCUT2D eigenvalue weighted by Crippen LogP contribution is 2.04. The second-order valence-corrected chi connectivity index (χ2v) is 2.22. The van der Waals surface area contributed by atoms with Gasteiger partial charge in [-0.05, 0) is 18.9 Å². The third kappa shape index (κ3) is 14.1. The minimum absolute atomic E-state index is 0. The van der Waals surface area contributed by atoms with Crippen LogP contribution in [-0.4, -0.2) is 0 Å². The molecule has 0 aromatic heterocycles. The van der Waals surface area contributed by atoms with E-state index in [9.17, 15) is 0 Å². The molecule has 0 aliphatic heterocycles. The summed E-state index contributed by atoms with van der Waals surface area (Å²) in [5.41, 5.74) is 1.32. The minimum atomic E-state index is 0. The molecule has 0 amide bonds. The highest BCUT2D eigenvalue weighted by atomic mass is 13.9. The first kappa shape index (κ1) is 18.1. The van der Waals surface area contributed by atoms with Crippen LogP contribution in [0.2, 0.25) is 0 Å². The summed E-state index contributed by atoms with van der Waals surface area (Å²) in [5.74, 6) is 0. The van der Waals surface area contributed by atoms with Crippen molar-refractivity contribution >= 4 is 0 Å². The van der Waals surface area contributed by atoms with Gasteiger partial charge in [0.2, 0.25) is 0 Å². The fourth-order valence-corrected chi connectivity index (χ4v) is 0.762. The molecule has 0 aromatic rings. The molecule has 0 spiro atoms. The standard InChI is InChI=1S/C10H16.C2H6.CH4/c1-4-7-9-10(6-3)8-5-2;1-2;/h4,6-7,9H,3,5,8H2,1-2H3;1-2H3;1H4/b7-4-,10-9+;;. The molecule has 13 heavy (non-hydrogen) atoms. The van der Waals surface area contributed by atoms with Crippen LogP contribution in [0.4, 0.5) is 0 Å². The smallest absolute Gasteiger partial charge is 0.0282 e. The topological polar surface area (TPSA) is 0 Å². The van der Waals surface area contributed by atoms with Gasteiger partial charge in [0.05, 0.1) is 0 Å². The Morgan fingerprint density at radius 2 is 1.85 bits per heavy atom. The first-order valence-corrected chi connectivity index (χ1v) is 4.79. The fourth-order valence-electron chi connectivity index (χ4n) is 0.762. The van der Waals surface area contributed by atoms with E-state index in [2.05, 4.69) is 19.6 Å². The van der Waals surface area contributed by atoms with Gasteiger partial charge in [0, 0.05) is 0 Å². The second kappa shape index (κ2) is 17.3. The van der Waals surface area contributed by atoms with Crippen molar-refractivity contribution in [2.75, 3.05) is 0 Å². The van der Waals surface area contributed by atoms with Gasteiger partial charge in [0.1, 0.15) is 0 Å². The molecule has 0 nitrogen and oxygen atoms in total. The third-order valence-corrected chi connectivity index (χ3v) is 1.30. The SMILES string of the molecule is C.C=C/C(=C\C=C/C)CCC.CC. The lowest BCUT2D eigenvalue weighted by atomic mass is 10.1. The van der Waals surface area contributed by atoms with Crippen LogP contribution in [0, 0.1) is 0 Å². The van der Waals surface area contributed by atoms with E-state index in [1.165, 1.54) is 12.0 Å². The van der Waals surface area contributed by atoms with E-state index in [1.807, 2.05) is 39.0 Å². The zero-order valence-electron chi connectivity index (χ0n) is 8.93. The Morgan fingerprint density at radius 1 is 1.31 bits per heavy atom. The Bertz CT molecular complexity index is 138. The summed E-state index contributed by atoms with van der Waals surface area (Å²) in [6, 6.07) is 0. The van der Waals surface area contributed by atoms with E-state index in [-0.39, 0.29) is 7.43 Å². The van der Waals surface area contributed by atoms with Crippen LogP contribution < -0.4 is 0 Å². The number of hydrogen-bond donors (Lipinski definition) is 0. The van der Waals surface area contributed by atoms with Gasteiger partial charge in [0.25, 0.3) is 0 Å². The van der Waals surface area contributed by atoms with Crippen LogP contribution in [0.1, 0.15) is 48.0 Å². The quantitative estimate of drug-likeness (QED) is 0.528. The summed E-state index contributed by atoms with van der Waals surface area (Å²) < 4.78 is 0. The second-order valence-electron chi connectivity index (χ2n) is 2.22. The summed E-state index contributed by atoms with van der Waals surface area (Å²) in [5, 5.41) is 0. The molecule has 0 unspecified atom stereocenters. The van der Waals surface area contributed by atoms with Gasteiger partial charge in [-0.15, -0.1) is 0 Å². The molecular formula is C13H26. The van der Waals surface area contributed by atoms with Gasteiger partial charge in [-0.1, -0.05) is 65.5 Å². The van der Waals surface area contributed by atoms with E-state index in [1.54, 1.807) is 0 Å². The molecule has 0 radical (unpaired) electrons. The first-order chi connectivity index (χ1) is 5.85. The molecule has 0 N–H and O–H groups in total. The third-order valence-electron chi connectivity index (χ3n) is 1.30. The predicted molar refractivity (Wildman–Crippen MR) is 66.1 cm³/mol. The van der Waals surface area contributed by atoms with Crippen molar-refractivity contribution in [3.8, 4) is 0 Å². The van der Waals surface area contributed by atoms with Crippen molar-refractivity contribution in [2.24, 2.45) is 0 Å². The van der Waals surface area contributed by atoms with Gasteiger partial charge in [-0.25, -0.2) is 0 Å². The van der Waals surface area contributed by atoms with Crippen LogP contribution in [-0.2, 0) is 0 Å². The maximum absolute atomic E-state index is 3.73. The summed E-state index contributed by atoms with van der Waals surface area (Å²) in [6.07, 6.45) is 10.4. The molecule has 0 aliphatic rings. The number of allylic oxidation sites excluding steroid dienone is 5. The van der Waals surface area contributed by atoms with Crippen molar-refractivity contribution < 1.29 is 0 Å². The van der Waals surface area contributed by atoms with Crippen LogP contribution in [0.15, 0.2) is 36.5 Å². The van der Waals surface area contributed by atoms with Crippen molar-refractivity contribution in [2.45, 2.75) is 48.0 Å². The lowest BCUT2D eigenvalue weighted by Gasteiger charge is -1.94. The zero-order valence-corrected chi connectivity index (χ0v) is 8.93. The van der Waals surface area contributed by atoms with Gasteiger partial charge < -0.3 is 0 Å². The minimum Gasteiger partial charge on any atom is -0.0988 e. The van der Waals surface area contributed by atoms with E-state index < -0.39 is 0 Å². The first-order valence-electron chi connectivity index (χ1n) is 4.79. The molecule has 0 aromatic carbocycles. The van der Waals surface area contributed by atoms with E-state index in [4.69, 9.17) is 0 Å². The van der Waals surface area contributed by atoms with E-state index >= 15 is 0 Å². The van der Waals surface area contributed by atoms with E-state index in [0.717, 1.165) is 6.42 Å². The summed E-state index contributed by atoms with van der Waals surface area (Å²) in [4.78, 5) is 0. The van der Waals surface area contributed by atoms with E-state index in [0.29, 0.717) is 0 Å². The highest BCUT2D eigenvalue weighted by Gasteiger charge is 1.84. The van der Waals surface area contributed by atoms with Crippen molar-refractivity contribution in [1.82, 2.24) is 0 Å². The Labute approximate surface area is 85.1 Å². The molecular weight excluding hydrogens is 156 g/mol. The van der Waals surface area contributed by atoms with Gasteiger partial charge in [0.15, 0.2) is 0 Å². The Balaban J connectivity index is -0.000000309. The van der Waals surface area contributed by atoms with Crippen LogP contribution in [0.5, 0.6) is 0 Å². The lowest BCUT2D eigenvalue weighted by molar-refractivity contribution is 0.927. The molecule has 0 aliphatic carbocycles. The predicted octanol–water partition coefficient (Wildman–Crippen LogP) is 5.14. The fraction of sp³-hybridized carbons (Fsp3) is 0.538. The zero-order chi connectivity index (χ0) is 9.82. The maximum atomic E-state index is 3.73. The van der Waals surface area contributed by atoms with Crippen LogP contribution in [0.3, 0.4) is 0 Å². The largest absolute Gasteiger partial charge is 0.0988 e. The molecule has 0 atom stereocenters. The maximum Gasteiger partial charge on any atom is -0.0282 e. The molecule has 0 fully saturated rings. The van der Waals surface area contributed by atoms with Crippen molar-refractivity contribution in [3.05, 3.63) is 36.5 Å². The van der Waals surface area contributed by atoms with Crippen molar-refractivity contribution in [3.63, 3.8) is 0 Å². The van der Waals surface area contributed by atoms with Gasteiger partial charge in [-0.3, -0.25) is 0 Å². The lowest BCUT2D eigenvalue weighted by Crippen LogP contribution is -1.74. The number of hydrogen-bond acceptors (Lipinski definition) is 0. The van der Waals surface area contributed by atoms with Crippen LogP contribution >= 0.6 is 0 Å². The summed E-state index contributed by atoms with van der Waals surface area (Å²) in [7, 11) is 0. The molecule has 0 heterocycles. The Morgan fingerprint density at radius 3 is 2.15 bits per heavy atom. The monoisotopic (exact) mass is 182 g/mol. The molecule has 0 rings (SSSR count). The number of rotatable bonds is 4.